The van der Waals surface area contributed by atoms with Crippen molar-refractivity contribution in [3.8, 4) is 5.75 Å². The fraction of sp³-hybridized carbons (Fsp3) is 0.333. The van der Waals surface area contributed by atoms with Crippen LogP contribution in [0.25, 0.3) is 0 Å². The predicted molar refractivity (Wildman–Crippen MR) is 81.0 cm³/mol. The van der Waals surface area contributed by atoms with E-state index in [0.29, 0.717) is 6.61 Å². The molecule has 0 saturated carbocycles. The Morgan fingerprint density at radius 3 is 2.79 bits per heavy atom. The summed E-state index contributed by atoms with van der Waals surface area (Å²) in [6, 6.07) is 7.93. The zero-order chi connectivity index (χ0) is 13.6. The van der Waals surface area contributed by atoms with Crippen molar-refractivity contribution in [3.05, 3.63) is 50.1 Å². The van der Waals surface area contributed by atoms with Gasteiger partial charge in [0.05, 0.1) is 10.4 Å². The van der Waals surface area contributed by atoms with E-state index in [1.54, 1.807) is 11.3 Å². The Balaban J connectivity index is 1.99. The number of hydrogen-bond donors (Lipinski definition) is 1. The summed E-state index contributed by atoms with van der Waals surface area (Å²) in [6.07, 6.45) is -0.579. The van der Waals surface area contributed by atoms with E-state index < -0.39 is 6.10 Å². The second-order valence-electron chi connectivity index (χ2n) is 5.51. The molecule has 1 atom stereocenters. The molecule has 0 amide bonds. The highest BCUT2D eigenvalue weighted by Crippen LogP contribution is 2.40. The Bertz CT molecular complexity index is 618. The second kappa shape index (κ2) is 4.62. The molecule has 100 valence electrons. The van der Waals surface area contributed by atoms with E-state index in [-0.39, 0.29) is 5.41 Å². The lowest BCUT2D eigenvalue weighted by molar-refractivity contribution is 0.220. The molecule has 1 aromatic carbocycles. The first-order chi connectivity index (χ1) is 8.97. The van der Waals surface area contributed by atoms with E-state index in [1.807, 2.05) is 23.6 Å². The third-order valence-corrected chi connectivity index (χ3v) is 5.06. The molecule has 1 aromatic heterocycles. The molecule has 2 nitrogen and oxygen atoms in total. The maximum absolute atomic E-state index is 10.5. The highest BCUT2D eigenvalue weighted by atomic mass is 79.9. The average Bonchev–Trinajstić information content (AvgIpc) is 2.93. The van der Waals surface area contributed by atoms with Crippen molar-refractivity contribution in [2.75, 3.05) is 6.61 Å². The average molecular weight is 339 g/mol. The number of halogens is 1. The van der Waals surface area contributed by atoms with Crippen molar-refractivity contribution in [2.45, 2.75) is 25.4 Å². The van der Waals surface area contributed by atoms with Crippen LogP contribution < -0.4 is 4.74 Å². The van der Waals surface area contributed by atoms with Gasteiger partial charge in [-0.3, -0.25) is 0 Å². The van der Waals surface area contributed by atoms with Gasteiger partial charge in [0, 0.05) is 11.0 Å². The van der Waals surface area contributed by atoms with Gasteiger partial charge in [-0.05, 0) is 50.6 Å². The molecule has 2 heterocycles. The summed E-state index contributed by atoms with van der Waals surface area (Å²) in [6.45, 7) is 5.03. The molecule has 1 unspecified atom stereocenters. The number of rotatable bonds is 2. The van der Waals surface area contributed by atoms with Gasteiger partial charge in [0.1, 0.15) is 11.9 Å². The molecule has 0 saturated heterocycles. The molecule has 0 spiro atoms. The first kappa shape index (κ1) is 13.2. The molecule has 0 bridgehead atoms. The molecule has 1 aliphatic heterocycles. The number of thiophene rings is 1. The molecule has 0 fully saturated rings. The summed E-state index contributed by atoms with van der Waals surface area (Å²) in [5, 5.41) is 12.4. The van der Waals surface area contributed by atoms with Gasteiger partial charge in [-0.15, -0.1) is 11.3 Å². The smallest absolute Gasteiger partial charge is 0.123 e. The molecule has 1 N–H and O–H groups in total. The van der Waals surface area contributed by atoms with Crippen LogP contribution in [0.4, 0.5) is 0 Å². The predicted octanol–water partition coefficient (Wildman–Crippen LogP) is 4.26. The van der Waals surface area contributed by atoms with Gasteiger partial charge >= 0.3 is 0 Å². The Morgan fingerprint density at radius 2 is 2.11 bits per heavy atom. The van der Waals surface area contributed by atoms with Gasteiger partial charge in [-0.25, -0.2) is 0 Å². The lowest BCUT2D eigenvalue weighted by Gasteiger charge is -2.17. The number of hydrogen-bond acceptors (Lipinski definition) is 3. The van der Waals surface area contributed by atoms with Crippen LogP contribution in [0.5, 0.6) is 5.75 Å². The highest BCUT2D eigenvalue weighted by Gasteiger charge is 2.32. The fourth-order valence-electron chi connectivity index (χ4n) is 2.37. The van der Waals surface area contributed by atoms with Crippen LogP contribution in [0, 0.1) is 0 Å². The maximum atomic E-state index is 10.5. The molecular formula is C15H15BrO2S. The van der Waals surface area contributed by atoms with Gasteiger partial charge in [0.25, 0.3) is 0 Å². The third-order valence-electron chi connectivity index (χ3n) is 3.54. The highest BCUT2D eigenvalue weighted by molar-refractivity contribution is 9.11. The van der Waals surface area contributed by atoms with Gasteiger partial charge in [0.15, 0.2) is 0 Å². The molecule has 0 radical (unpaired) electrons. The summed E-state index contributed by atoms with van der Waals surface area (Å²) in [7, 11) is 0. The summed E-state index contributed by atoms with van der Waals surface area (Å²) in [4.78, 5) is 0. The van der Waals surface area contributed by atoms with E-state index >= 15 is 0 Å². The lowest BCUT2D eigenvalue weighted by atomic mass is 9.85. The number of aliphatic hydroxyl groups is 1. The van der Waals surface area contributed by atoms with Crippen LogP contribution in [0.3, 0.4) is 0 Å². The largest absolute Gasteiger partial charge is 0.492 e. The number of benzene rings is 1. The lowest BCUT2D eigenvalue weighted by Crippen LogP contribution is -2.18. The number of ether oxygens (including phenoxy) is 1. The van der Waals surface area contributed by atoms with E-state index in [0.717, 1.165) is 20.7 Å². The standard InChI is InChI=1S/C15H15BrO2S/c1-15(2)8-18-12-4-3-9(5-11(12)15)14(17)10-6-13(16)19-7-10/h3-7,14,17H,8H2,1-2H3. The summed E-state index contributed by atoms with van der Waals surface area (Å²) in [5.41, 5.74) is 3.04. The zero-order valence-corrected chi connectivity index (χ0v) is 13.2. The fourth-order valence-corrected chi connectivity index (χ4v) is 3.56. The Labute approximate surface area is 125 Å². The first-order valence-corrected chi connectivity index (χ1v) is 7.84. The Morgan fingerprint density at radius 1 is 1.32 bits per heavy atom. The third kappa shape index (κ3) is 2.33. The van der Waals surface area contributed by atoms with Crippen LogP contribution in [-0.2, 0) is 5.41 Å². The minimum Gasteiger partial charge on any atom is -0.492 e. The van der Waals surface area contributed by atoms with E-state index in [1.165, 1.54) is 5.56 Å². The van der Waals surface area contributed by atoms with Gasteiger partial charge < -0.3 is 9.84 Å². The number of aliphatic hydroxyl groups excluding tert-OH is 1. The molecule has 3 rings (SSSR count). The van der Waals surface area contributed by atoms with Crippen molar-refractivity contribution in [1.82, 2.24) is 0 Å². The van der Waals surface area contributed by atoms with E-state index in [4.69, 9.17) is 4.74 Å². The zero-order valence-electron chi connectivity index (χ0n) is 10.8. The van der Waals surface area contributed by atoms with Crippen LogP contribution >= 0.6 is 27.3 Å². The molecule has 2 aromatic rings. The van der Waals surface area contributed by atoms with Gasteiger partial charge in [-0.2, -0.15) is 0 Å². The van der Waals surface area contributed by atoms with Crippen molar-refractivity contribution in [1.29, 1.82) is 0 Å². The van der Waals surface area contributed by atoms with E-state index in [9.17, 15) is 5.11 Å². The summed E-state index contributed by atoms with van der Waals surface area (Å²) < 4.78 is 6.70. The van der Waals surface area contributed by atoms with E-state index in [2.05, 4.69) is 35.8 Å². The molecule has 4 heteroatoms. The van der Waals surface area contributed by atoms with Crippen LogP contribution in [0.1, 0.15) is 36.6 Å². The first-order valence-electron chi connectivity index (χ1n) is 6.16. The quantitative estimate of drug-likeness (QED) is 0.886. The normalized spacial score (nSPS) is 17.9. The molecule has 0 aliphatic carbocycles. The summed E-state index contributed by atoms with van der Waals surface area (Å²) >= 11 is 5.01. The Kier molecular flexibility index (Phi) is 3.20. The minimum absolute atomic E-state index is 0.0142. The Hall–Kier alpha value is -0.840. The molecule has 1 aliphatic rings. The SMILES string of the molecule is CC1(C)COc2ccc(C(O)c3csc(Br)c3)cc21. The summed E-state index contributed by atoms with van der Waals surface area (Å²) in [5.74, 6) is 0.937. The van der Waals surface area contributed by atoms with Gasteiger partial charge in [-0.1, -0.05) is 19.9 Å². The van der Waals surface area contributed by atoms with Crippen molar-refractivity contribution < 1.29 is 9.84 Å². The number of fused-ring (bicyclic) bond motifs is 1. The van der Waals surface area contributed by atoms with Gasteiger partial charge in [0.2, 0.25) is 0 Å². The van der Waals surface area contributed by atoms with Crippen LogP contribution in [0.15, 0.2) is 33.4 Å². The van der Waals surface area contributed by atoms with Crippen molar-refractivity contribution in [2.24, 2.45) is 0 Å². The molecular weight excluding hydrogens is 324 g/mol. The minimum atomic E-state index is -0.579. The van der Waals surface area contributed by atoms with Crippen molar-refractivity contribution >= 4 is 27.3 Å². The molecule has 19 heavy (non-hydrogen) atoms. The van der Waals surface area contributed by atoms with Crippen LogP contribution in [-0.4, -0.2) is 11.7 Å². The van der Waals surface area contributed by atoms with Crippen LogP contribution in [0.2, 0.25) is 0 Å². The maximum Gasteiger partial charge on any atom is 0.123 e. The van der Waals surface area contributed by atoms with Crippen molar-refractivity contribution in [3.63, 3.8) is 0 Å². The second-order valence-corrected chi connectivity index (χ2v) is 7.81. The topological polar surface area (TPSA) is 29.5 Å². The monoisotopic (exact) mass is 338 g/mol.